The van der Waals surface area contributed by atoms with Gasteiger partial charge in [0.2, 0.25) is 0 Å². The van der Waals surface area contributed by atoms with Crippen molar-refractivity contribution in [2.24, 2.45) is 0 Å². The molecule has 5 heteroatoms. The van der Waals surface area contributed by atoms with Crippen molar-refractivity contribution in [3.8, 4) is 5.75 Å². The van der Waals surface area contributed by atoms with Gasteiger partial charge in [0.1, 0.15) is 8.89 Å². The summed E-state index contributed by atoms with van der Waals surface area (Å²) in [5, 5.41) is 13.4. The van der Waals surface area contributed by atoms with Gasteiger partial charge in [0, 0.05) is 20.2 Å². The fourth-order valence-electron chi connectivity index (χ4n) is 2.51. The average molecular weight is 302 g/mol. The van der Waals surface area contributed by atoms with Gasteiger partial charge < -0.3 is 5.11 Å². The third kappa shape index (κ3) is 1.46. The van der Waals surface area contributed by atoms with Crippen molar-refractivity contribution >= 4 is 65.8 Å². The number of rotatable bonds is 0. The first-order valence-electron chi connectivity index (χ1n) is 5.60. The van der Waals surface area contributed by atoms with Gasteiger partial charge in [-0.15, -0.1) is 22.7 Å². The van der Waals surface area contributed by atoms with Crippen LogP contribution in [-0.4, -0.2) is 5.11 Å². The summed E-state index contributed by atoms with van der Waals surface area (Å²) in [5.74, 6) is 0.0393. The van der Waals surface area contributed by atoms with E-state index in [1.165, 1.54) is 17.4 Å². The molecule has 4 rings (SSSR count). The standard InChI is InChI=1S/C14H6O2S3/c15-7-3-1-6-2-4-9-13-10(19-14(17)18-9)5-8(16)12(7)11(6)13/h1-5,16H. The molecule has 0 aliphatic rings. The molecular formula is C14H6O2S3. The van der Waals surface area contributed by atoms with Crippen LogP contribution < -0.4 is 5.43 Å². The van der Waals surface area contributed by atoms with Crippen LogP contribution in [0.2, 0.25) is 0 Å². The van der Waals surface area contributed by atoms with Crippen LogP contribution in [0.15, 0.2) is 35.1 Å². The lowest BCUT2D eigenvalue weighted by Crippen LogP contribution is -1.99. The number of phenolic OH excluding ortho intramolecular Hbond substituents is 1. The number of aromatic hydroxyl groups is 1. The summed E-state index contributed by atoms with van der Waals surface area (Å²) in [4.78, 5) is 12.0. The van der Waals surface area contributed by atoms with E-state index in [0.29, 0.717) is 5.39 Å². The van der Waals surface area contributed by atoms with Gasteiger partial charge in [-0.3, -0.25) is 4.79 Å². The largest absolute Gasteiger partial charge is 0.507 e. The van der Waals surface area contributed by atoms with Gasteiger partial charge in [-0.2, -0.15) is 0 Å². The van der Waals surface area contributed by atoms with Crippen molar-refractivity contribution in [2.45, 2.75) is 0 Å². The number of hydrogen-bond donors (Lipinski definition) is 1. The summed E-state index contributed by atoms with van der Waals surface area (Å²) in [5.41, 5.74) is -0.142. The maximum atomic E-state index is 12.0. The maximum Gasteiger partial charge on any atom is 0.190 e. The van der Waals surface area contributed by atoms with Gasteiger partial charge in [0.25, 0.3) is 0 Å². The molecule has 0 spiro atoms. The highest BCUT2D eigenvalue weighted by Gasteiger charge is 2.14. The number of benzene rings is 3. The molecule has 0 aliphatic carbocycles. The predicted molar refractivity (Wildman–Crippen MR) is 84.7 cm³/mol. The zero-order chi connectivity index (χ0) is 13.1. The topological polar surface area (TPSA) is 37.3 Å². The molecule has 3 aromatic carbocycles. The van der Waals surface area contributed by atoms with Crippen molar-refractivity contribution < 1.29 is 5.11 Å². The monoisotopic (exact) mass is 302 g/mol. The van der Waals surface area contributed by atoms with Crippen LogP contribution in [0.3, 0.4) is 0 Å². The van der Waals surface area contributed by atoms with Gasteiger partial charge in [-0.25, -0.2) is 0 Å². The van der Waals surface area contributed by atoms with Crippen LogP contribution in [0.4, 0.5) is 0 Å². The second-order valence-electron chi connectivity index (χ2n) is 4.32. The molecule has 4 aromatic rings. The summed E-state index contributed by atoms with van der Waals surface area (Å²) >= 11 is 8.28. The van der Waals surface area contributed by atoms with Gasteiger partial charge in [0.05, 0.1) is 5.39 Å². The van der Waals surface area contributed by atoms with Crippen LogP contribution in [0, 0.1) is 3.14 Å². The molecule has 0 atom stereocenters. The van der Waals surface area contributed by atoms with Gasteiger partial charge in [-0.1, -0.05) is 24.4 Å². The van der Waals surface area contributed by atoms with E-state index < -0.39 is 0 Å². The molecule has 1 aromatic heterocycles. The van der Waals surface area contributed by atoms with Crippen molar-refractivity contribution in [1.82, 2.24) is 0 Å². The highest BCUT2D eigenvalue weighted by atomic mass is 32.2. The average Bonchev–Trinajstić information content (AvgIpc) is 2.37. The lowest BCUT2D eigenvalue weighted by atomic mass is 10.00. The van der Waals surface area contributed by atoms with Crippen molar-refractivity contribution in [3.63, 3.8) is 0 Å². The van der Waals surface area contributed by atoms with E-state index in [1.807, 2.05) is 12.1 Å². The minimum absolute atomic E-state index is 0.0393. The van der Waals surface area contributed by atoms with Crippen molar-refractivity contribution in [2.75, 3.05) is 0 Å². The Morgan fingerprint density at radius 3 is 2.53 bits per heavy atom. The highest BCUT2D eigenvalue weighted by Crippen LogP contribution is 2.40. The Morgan fingerprint density at radius 2 is 1.68 bits per heavy atom. The number of phenols is 1. The molecule has 0 bridgehead atoms. The second-order valence-corrected chi connectivity index (χ2v) is 7.61. The van der Waals surface area contributed by atoms with E-state index in [9.17, 15) is 9.90 Å². The lowest BCUT2D eigenvalue weighted by molar-refractivity contribution is 0.482. The SMILES string of the molecule is O=c1ccc2ccc3sc(=S)sc4cc(O)c1c2c34. The molecule has 2 nitrogen and oxygen atoms in total. The lowest BCUT2D eigenvalue weighted by Gasteiger charge is -2.09. The summed E-state index contributed by atoms with van der Waals surface area (Å²) in [6.45, 7) is 0. The molecule has 0 radical (unpaired) electrons. The Morgan fingerprint density at radius 1 is 0.947 bits per heavy atom. The Balaban J connectivity index is 2.54. The van der Waals surface area contributed by atoms with E-state index >= 15 is 0 Å². The smallest absolute Gasteiger partial charge is 0.190 e. The minimum Gasteiger partial charge on any atom is -0.507 e. The second kappa shape index (κ2) is 3.72. The fraction of sp³-hybridized carbons (Fsp3) is 0. The maximum absolute atomic E-state index is 12.0. The highest BCUT2D eigenvalue weighted by molar-refractivity contribution is 7.76. The van der Waals surface area contributed by atoms with E-state index in [1.54, 1.807) is 23.5 Å². The van der Waals surface area contributed by atoms with Gasteiger partial charge >= 0.3 is 0 Å². The first kappa shape index (κ1) is 11.3. The zero-order valence-electron chi connectivity index (χ0n) is 9.47. The molecule has 1 N–H and O–H groups in total. The third-order valence-electron chi connectivity index (χ3n) is 3.27. The first-order valence-corrected chi connectivity index (χ1v) is 7.64. The van der Waals surface area contributed by atoms with E-state index in [0.717, 1.165) is 28.7 Å². The predicted octanol–water partition coefficient (Wildman–Crippen LogP) is 4.50. The molecule has 0 unspecified atom stereocenters. The number of hydrogen-bond acceptors (Lipinski definition) is 5. The quantitative estimate of drug-likeness (QED) is 0.384. The molecule has 0 saturated heterocycles. The molecule has 0 saturated carbocycles. The molecule has 0 amide bonds. The molecule has 92 valence electrons. The zero-order valence-corrected chi connectivity index (χ0v) is 11.9. The van der Waals surface area contributed by atoms with Crippen LogP contribution >= 0.6 is 34.9 Å². The third-order valence-corrected chi connectivity index (χ3v) is 5.70. The van der Waals surface area contributed by atoms with Crippen molar-refractivity contribution in [1.29, 1.82) is 0 Å². The Bertz CT molecular complexity index is 1060. The first-order chi connectivity index (χ1) is 9.15. The summed E-state index contributed by atoms with van der Waals surface area (Å²) < 4.78 is 2.80. The molecule has 1 heterocycles. The minimum atomic E-state index is -0.142. The van der Waals surface area contributed by atoms with Crippen LogP contribution in [0.5, 0.6) is 5.75 Å². The van der Waals surface area contributed by atoms with Crippen LogP contribution in [0.1, 0.15) is 0 Å². The van der Waals surface area contributed by atoms with Gasteiger partial charge in [0.15, 0.2) is 5.43 Å². The van der Waals surface area contributed by atoms with Crippen molar-refractivity contribution in [3.05, 3.63) is 43.7 Å². The van der Waals surface area contributed by atoms with E-state index in [-0.39, 0.29) is 11.2 Å². The summed E-state index contributed by atoms with van der Waals surface area (Å²) in [6, 6.07) is 8.96. The summed E-state index contributed by atoms with van der Waals surface area (Å²) in [6.07, 6.45) is 0. The molecule has 0 fully saturated rings. The summed E-state index contributed by atoms with van der Waals surface area (Å²) in [7, 11) is 0. The normalized spacial score (nSPS) is 11.8. The Hall–Kier alpha value is -1.56. The van der Waals surface area contributed by atoms with Gasteiger partial charge in [-0.05, 0) is 23.6 Å². The van der Waals surface area contributed by atoms with E-state index in [4.69, 9.17) is 12.2 Å². The van der Waals surface area contributed by atoms with Crippen LogP contribution in [0.25, 0.3) is 30.9 Å². The molecular weight excluding hydrogens is 296 g/mol. The Labute approximate surface area is 120 Å². The fourth-order valence-corrected chi connectivity index (χ4v) is 5.12. The van der Waals surface area contributed by atoms with Crippen LogP contribution in [-0.2, 0) is 0 Å². The molecule has 0 aliphatic heterocycles. The van der Waals surface area contributed by atoms with E-state index in [2.05, 4.69) is 0 Å². The Kier molecular flexibility index (Phi) is 2.21. The molecule has 19 heavy (non-hydrogen) atoms.